The Labute approximate surface area is 105 Å². The highest BCUT2D eigenvalue weighted by Gasteiger charge is 2.28. The molecule has 0 bridgehead atoms. The second-order valence-corrected chi connectivity index (χ2v) is 5.33. The standard InChI is InChI=1S/C12H18BrN3/c1-3-4-11-15-10(13)7-12(16-11)14-8(2)9-5-6-9/h7-9H,3-6H2,1-2H3,(H,14,15,16). The molecule has 2 rings (SSSR count). The highest BCUT2D eigenvalue weighted by molar-refractivity contribution is 9.10. The molecule has 0 saturated heterocycles. The number of aromatic nitrogens is 2. The average molecular weight is 284 g/mol. The highest BCUT2D eigenvalue weighted by atomic mass is 79.9. The Bertz CT molecular complexity index is 363. The van der Waals surface area contributed by atoms with Gasteiger partial charge >= 0.3 is 0 Å². The molecule has 0 amide bonds. The van der Waals surface area contributed by atoms with E-state index in [1.807, 2.05) is 6.07 Å². The van der Waals surface area contributed by atoms with E-state index in [-0.39, 0.29) is 0 Å². The molecule has 1 N–H and O–H groups in total. The summed E-state index contributed by atoms with van der Waals surface area (Å²) in [6, 6.07) is 2.48. The van der Waals surface area contributed by atoms with Crippen LogP contribution in [0.5, 0.6) is 0 Å². The van der Waals surface area contributed by atoms with Gasteiger partial charge in [-0.2, -0.15) is 0 Å². The van der Waals surface area contributed by atoms with E-state index >= 15 is 0 Å². The zero-order valence-corrected chi connectivity index (χ0v) is 11.4. The smallest absolute Gasteiger partial charge is 0.132 e. The topological polar surface area (TPSA) is 37.8 Å². The Hall–Kier alpha value is -0.640. The van der Waals surface area contributed by atoms with Crippen molar-refractivity contribution >= 4 is 21.7 Å². The summed E-state index contributed by atoms with van der Waals surface area (Å²) in [7, 11) is 0. The fraction of sp³-hybridized carbons (Fsp3) is 0.667. The van der Waals surface area contributed by atoms with Crippen molar-refractivity contribution in [3.05, 3.63) is 16.5 Å². The summed E-state index contributed by atoms with van der Waals surface area (Å²) < 4.78 is 0.872. The molecule has 1 aliphatic rings. The third kappa shape index (κ3) is 3.17. The van der Waals surface area contributed by atoms with Gasteiger partial charge in [-0.1, -0.05) is 6.92 Å². The zero-order valence-electron chi connectivity index (χ0n) is 9.83. The molecule has 1 aliphatic carbocycles. The minimum atomic E-state index is 0.524. The number of hydrogen-bond acceptors (Lipinski definition) is 3. The lowest BCUT2D eigenvalue weighted by atomic mass is 10.2. The fourth-order valence-corrected chi connectivity index (χ4v) is 2.24. The lowest BCUT2D eigenvalue weighted by Crippen LogP contribution is -2.18. The lowest BCUT2D eigenvalue weighted by molar-refractivity contribution is 0.687. The fourth-order valence-electron chi connectivity index (χ4n) is 1.82. The van der Waals surface area contributed by atoms with Crippen LogP contribution < -0.4 is 5.32 Å². The zero-order chi connectivity index (χ0) is 11.5. The monoisotopic (exact) mass is 283 g/mol. The average Bonchev–Trinajstić information content (AvgIpc) is 2.99. The Balaban J connectivity index is 2.06. The summed E-state index contributed by atoms with van der Waals surface area (Å²) in [4.78, 5) is 8.88. The minimum absolute atomic E-state index is 0.524. The second-order valence-electron chi connectivity index (χ2n) is 4.51. The molecule has 0 aliphatic heterocycles. The van der Waals surface area contributed by atoms with E-state index in [0.29, 0.717) is 6.04 Å². The van der Waals surface area contributed by atoms with E-state index in [1.54, 1.807) is 0 Å². The third-order valence-electron chi connectivity index (χ3n) is 2.92. The maximum atomic E-state index is 4.52. The number of nitrogens with zero attached hydrogens (tertiary/aromatic N) is 2. The molecular formula is C12H18BrN3. The van der Waals surface area contributed by atoms with E-state index in [1.165, 1.54) is 12.8 Å². The van der Waals surface area contributed by atoms with Gasteiger partial charge in [0.25, 0.3) is 0 Å². The molecule has 1 heterocycles. The summed E-state index contributed by atoms with van der Waals surface area (Å²) in [6.45, 7) is 4.37. The van der Waals surface area contributed by atoms with Crippen LogP contribution in [0.2, 0.25) is 0 Å². The molecule has 1 unspecified atom stereocenters. The lowest BCUT2D eigenvalue weighted by Gasteiger charge is -2.14. The second kappa shape index (κ2) is 5.13. The van der Waals surface area contributed by atoms with Gasteiger partial charge < -0.3 is 5.32 Å². The van der Waals surface area contributed by atoms with Crippen LogP contribution in [-0.4, -0.2) is 16.0 Å². The van der Waals surface area contributed by atoms with Crippen molar-refractivity contribution in [3.63, 3.8) is 0 Å². The van der Waals surface area contributed by atoms with E-state index in [9.17, 15) is 0 Å². The van der Waals surface area contributed by atoms with Crippen LogP contribution in [0.25, 0.3) is 0 Å². The molecule has 3 nitrogen and oxygen atoms in total. The molecule has 4 heteroatoms. The van der Waals surface area contributed by atoms with Crippen LogP contribution in [0.4, 0.5) is 5.82 Å². The summed E-state index contributed by atoms with van der Waals surface area (Å²) in [5.74, 6) is 2.70. The largest absolute Gasteiger partial charge is 0.367 e. The van der Waals surface area contributed by atoms with Crippen LogP contribution in [0, 0.1) is 5.92 Å². The van der Waals surface area contributed by atoms with Gasteiger partial charge in [0.15, 0.2) is 0 Å². The summed E-state index contributed by atoms with van der Waals surface area (Å²) >= 11 is 3.43. The minimum Gasteiger partial charge on any atom is -0.367 e. The Morgan fingerprint density at radius 1 is 1.50 bits per heavy atom. The molecule has 0 aromatic carbocycles. The van der Waals surface area contributed by atoms with Gasteiger partial charge in [-0.3, -0.25) is 0 Å². The van der Waals surface area contributed by atoms with Crippen molar-refractivity contribution in [1.29, 1.82) is 0 Å². The molecule has 1 aromatic heterocycles. The van der Waals surface area contributed by atoms with Crippen LogP contribution in [0.15, 0.2) is 10.7 Å². The number of hydrogen-bond donors (Lipinski definition) is 1. The first kappa shape index (κ1) is 11.8. The van der Waals surface area contributed by atoms with E-state index in [2.05, 4.69) is 45.1 Å². The maximum absolute atomic E-state index is 4.52. The molecular weight excluding hydrogens is 266 g/mol. The van der Waals surface area contributed by atoms with Crippen molar-refractivity contribution in [3.8, 4) is 0 Å². The van der Waals surface area contributed by atoms with Crippen LogP contribution >= 0.6 is 15.9 Å². The third-order valence-corrected chi connectivity index (χ3v) is 3.33. The van der Waals surface area contributed by atoms with Gasteiger partial charge in [-0.05, 0) is 48.0 Å². The Morgan fingerprint density at radius 3 is 2.88 bits per heavy atom. The molecule has 1 atom stereocenters. The first-order valence-corrected chi connectivity index (χ1v) is 6.78. The quantitative estimate of drug-likeness (QED) is 0.842. The molecule has 0 spiro atoms. The van der Waals surface area contributed by atoms with Crippen molar-refractivity contribution < 1.29 is 0 Å². The number of anilines is 1. The normalized spacial score (nSPS) is 17.2. The van der Waals surface area contributed by atoms with Crippen LogP contribution in [-0.2, 0) is 6.42 Å². The van der Waals surface area contributed by atoms with Crippen molar-refractivity contribution in [2.24, 2.45) is 5.92 Å². The van der Waals surface area contributed by atoms with Gasteiger partial charge in [0, 0.05) is 18.5 Å². The number of halogens is 1. The Kier molecular flexibility index (Phi) is 3.79. The molecule has 1 fully saturated rings. The highest BCUT2D eigenvalue weighted by Crippen LogP contribution is 2.33. The van der Waals surface area contributed by atoms with Crippen molar-refractivity contribution in [2.75, 3.05) is 5.32 Å². The van der Waals surface area contributed by atoms with Gasteiger partial charge in [0.05, 0.1) is 0 Å². The molecule has 0 radical (unpaired) electrons. The van der Waals surface area contributed by atoms with E-state index in [0.717, 1.165) is 35.0 Å². The maximum Gasteiger partial charge on any atom is 0.132 e. The Morgan fingerprint density at radius 2 is 2.25 bits per heavy atom. The van der Waals surface area contributed by atoms with Crippen molar-refractivity contribution in [2.45, 2.75) is 45.6 Å². The predicted octanol–water partition coefficient (Wildman–Crippen LogP) is 3.40. The van der Waals surface area contributed by atoms with Gasteiger partial charge in [-0.25, -0.2) is 9.97 Å². The van der Waals surface area contributed by atoms with Gasteiger partial charge in [0.1, 0.15) is 16.2 Å². The number of nitrogens with one attached hydrogen (secondary N) is 1. The number of rotatable bonds is 5. The predicted molar refractivity (Wildman–Crippen MR) is 69.5 cm³/mol. The van der Waals surface area contributed by atoms with Gasteiger partial charge in [0.2, 0.25) is 0 Å². The summed E-state index contributed by atoms with van der Waals surface area (Å²) in [6.07, 6.45) is 4.71. The van der Waals surface area contributed by atoms with E-state index in [4.69, 9.17) is 0 Å². The summed E-state index contributed by atoms with van der Waals surface area (Å²) in [5, 5.41) is 3.46. The van der Waals surface area contributed by atoms with Crippen LogP contribution in [0.3, 0.4) is 0 Å². The number of aryl methyl sites for hydroxylation is 1. The van der Waals surface area contributed by atoms with E-state index < -0.39 is 0 Å². The first-order chi connectivity index (χ1) is 7.69. The molecule has 1 saturated carbocycles. The molecule has 88 valence electrons. The van der Waals surface area contributed by atoms with Crippen molar-refractivity contribution in [1.82, 2.24) is 9.97 Å². The van der Waals surface area contributed by atoms with Gasteiger partial charge in [-0.15, -0.1) is 0 Å². The SMILES string of the molecule is CCCc1nc(Br)cc(NC(C)C2CC2)n1. The molecule has 16 heavy (non-hydrogen) atoms. The summed E-state index contributed by atoms with van der Waals surface area (Å²) in [5.41, 5.74) is 0. The first-order valence-electron chi connectivity index (χ1n) is 5.99. The molecule has 1 aromatic rings. The van der Waals surface area contributed by atoms with Crippen LogP contribution in [0.1, 0.15) is 38.9 Å².